The maximum atomic E-state index is 5.62. The monoisotopic (exact) mass is 296 g/mol. The first-order chi connectivity index (χ1) is 8.24. The molecular formula is C11H13BrN4O. The third-order valence-electron chi connectivity index (χ3n) is 2.45. The number of pyridine rings is 1. The Balaban J connectivity index is 2.29. The third kappa shape index (κ3) is 2.70. The largest absolute Gasteiger partial charge is 0.419 e. The van der Waals surface area contributed by atoms with E-state index in [-0.39, 0.29) is 6.04 Å². The number of rotatable bonds is 4. The van der Waals surface area contributed by atoms with E-state index in [1.165, 1.54) is 0 Å². The molecule has 2 rings (SSSR count). The summed E-state index contributed by atoms with van der Waals surface area (Å²) in [7, 11) is 1.87. The Morgan fingerprint density at radius 3 is 2.88 bits per heavy atom. The highest BCUT2D eigenvalue weighted by Crippen LogP contribution is 2.23. The van der Waals surface area contributed by atoms with Crippen molar-refractivity contribution in [2.75, 3.05) is 7.05 Å². The van der Waals surface area contributed by atoms with E-state index in [9.17, 15) is 0 Å². The summed E-state index contributed by atoms with van der Waals surface area (Å²) in [5.41, 5.74) is 0.809. The minimum Gasteiger partial charge on any atom is -0.419 e. The summed E-state index contributed by atoms with van der Waals surface area (Å²) in [5.74, 6) is 1.09. The third-order valence-corrected chi connectivity index (χ3v) is 2.88. The van der Waals surface area contributed by atoms with E-state index >= 15 is 0 Å². The smallest absolute Gasteiger partial charge is 0.249 e. The first-order valence-electron chi connectivity index (χ1n) is 5.36. The van der Waals surface area contributed by atoms with Gasteiger partial charge in [0.15, 0.2) is 0 Å². The minimum absolute atomic E-state index is 0.0939. The number of nitrogens with one attached hydrogen (secondary N) is 1. The van der Waals surface area contributed by atoms with Crippen molar-refractivity contribution >= 4 is 15.9 Å². The zero-order valence-corrected chi connectivity index (χ0v) is 11.2. The zero-order chi connectivity index (χ0) is 12.3. The predicted octanol–water partition coefficient (Wildman–Crippen LogP) is 2.56. The van der Waals surface area contributed by atoms with E-state index in [0.29, 0.717) is 11.8 Å². The highest BCUT2D eigenvalue weighted by Gasteiger charge is 2.15. The van der Waals surface area contributed by atoms with E-state index in [0.717, 1.165) is 16.5 Å². The van der Waals surface area contributed by atoms with Crippen LogP contribution in [0.1, 0.15) is 25.3 Å². The van der Waals surface area contributed by atoms with Gasteiger partial charge in [0.1, 0.15) is 0 Å². The molecule has 1 unspecified atom stereocenters. The summed E-state index contributed by atoms with van der Waals surface area (Å²) >= 11 is 3.36. The summed E-state index contributed by atoms with van der Waals surface area (Å²) in [6, 6.07) is 1.99. The highest BCUT2D eigenvalue weighted by molar-refractivity contribution is 9.10. The molecule has 2 aromatic heterocycles. The van der Waals surface area contributed by atoms with Gasteiger partial charge in [0.2, 0.25) is 11.8 Å². The lowest BCUT2D eigenvalue weighted by Gasteiger charge is -2.07. The normalized spacial score (nSPS) is 12.6. The topological polar surface area (TPSA) is 63.8 Å². The van der Waals surface area contributed by atoms with Crippen LogP contribution in [0.15, 0.2) is 27.3 Å². The predicted molar refractivity (Wildman–Crippen MR) is 67.3 cm³/mol. The van der Waals surface area contributed by atoms with Crippen molar-refractivity contribution in [3.8, 4) is 11.5 Å². The van der Waals surface area contributed by atoms with E-state index in [1.807, 2.05) is 13.1 Å². The fraction of sp³-hybridized carbons (Fsp3) is 0.364. The van der Waals surface area contributed by atoms with Crippen molar-refractivity contribution in [1.29, 1.82) is 0 Å². The van der Waals surface area contributed by atoms with Crippen LogP contribution >= 0.6 is 15.9 Å². The number of hydrogen-bond acceptors (Lipinski definition) is 5. The minimum atomic E-state index is 0.0939. The first kappa shape index (κ1) is 12.2. The number of hydrogen-bond donors (Lipinski definition) is 1. The lowest BCUT2D eigenvalue weighted by molar-refractivity contribution is 0.415. The summed E-state index contributed by atoms with van der Waals surface area (Å²) in [6.07, 6.45) is 4.31. The van der Waals surface area contributed by atoms with Crippen LogP contribution in [0.25, 0.3) is 11.5 Å². The van der Waals surface area contributed by atoms with Crippen LogP contribution in [0.2, 0.25) is 0 Å². The van der Waals surface area contributed by atoms with Crippen LogP contribution in [0.3, 0.4) is 0 Å². The van der Waals surface area contributed by atoms with Gasteiger partial charge in [0.25, 0.3) is 0 Å². The van der Waals surface area contributed by atoms with Crippen LogP contribution in [0.5, 0.6) is 0 Å². The molecule has 0 fully saturated rings. The standard InChI is InChI=1S/C11H13BrN4O/c1-3-9(13-2)11-16-15-10(17-11)7-4-8(12)6-14-5-7/h4-6,9,13H,3H2,1-2H3. The van der Waals surface area contributed by atoms with Crippen molar-refractivity contribution in [1.82, 2.24) is 20.5 Å². The second kappa shape index (κ2) is 5.37. The van der Waals surface area contributed by atoms with E-state index in [1.54, 1.807) is 12.4 Å². The van der Waals surface area contributed by atoms with Gasteiger partial charge in [-0.05, 0) is 35.5 Å². The van der Waals surface area contributed by atoms with Crippen LogP contribution in [0.4, 0.5) is 0 Å². The van der Waals surface area contributed by atoms with Gasteiger partial charge in [-0.3, -0.25) is 4.98 Å². The molecule has 0 aliphatic heterocycles. The lowest BCUT2D eigenvalue weighted by atomic mass is 10.2. The van der Waals surface area contributed by atoms with Crippen LogP contribution < -0.4 is 5.32 Å². The number of nitrogens with zero attached hydrogens (tertiary/aromatic N) is 3. The van der Waals surface area contributed by atoms with Gasteiger partial charge in [-0.25, -0.2) is 0 Å². The molecule has 0 saturated heterocycles. The summed E-state index contributed by atoms with van der Waals surface area (Å²) in [6.45, 7) is 2.06. The van der Waals surface area contributed by atoms with Crippen LogP contribution in [-0.4, -0.2) is 22.2 Å². The summed E-state index contributed by atoms with van der Waals surface area (Å²) in [5, 5.41) is 11.2. The Hall–Kier alpha value is -1.27. The van der Waals surface area contributed by atoms with Gasteiger partial charge in [0, 0.05) is 16.9 Å². The van der Waals surface area contributed by atoms with Crippen molar-refractivity contribution in [2.24, 2.45) is 0 Å². The molecule has 0 aliphatic rings. The Morgan fingerprint density at radius 1 is 1.41 bits per heavy atom. The molecular weight excluding hydrogens is 284 g/mol. The maximum Gasteiger partial charge on any atom is 0.249 e. The van der Waals surface area contributed by atoms with Crippen molar-refractivity contribution in [3.63, 3.8) is 0 Å². The Bertz CT molecular complexity index is 496. The molecule has 6 heteroatoms. The fourth-order valence-electron chi connectivity index (χ4n) is 1.52. The molecule has 0 amide bonds. The number of aromatic nitrogens is 3. The average Bonchev–Trinajstić information content (AvgIpc) is 2.80. The van der Waals surface area contributed by atoms with Crippen molar-refractivity contribution in [2.45, 2.75) is 19.4 Å². The molecule has 0 radical (unpaired) electrons. The Morgan fingerprint density at radius 2 is 2.24 bits per heavy atom. The Kier molecular flexibility index (Phi) is 3.86. The van der Waals surface area contributed by atoms with Crippen molar-refractivity contribution in [3.05, 3.63) is 28.8 Å². The second-order valence-corrected chi connectivity index (χ2v) is 4.50. The molecule has 0 aromatic carbocycles. The lowest BCUT2D eigenvalue weighted by Crippen LogP contribution is -2.15. The molecule has 0 saturated carbocycles. The summed E-state index contributed by atoms with van der Waals surface area (Å²) < 4.78 is 6.51. The molecule has 0 aliphatic carbocycles. The van der Waals surface area contributed by atoms with Gasteiger partial charge < -0.3 is 9.73 Å². The molecule has 90 valence electrons. The molecule has 1 N–H and O–H groups in total. The van der Waals surface area contributed by atoms with E-state index < -0.39 is 0 Å². The van der Waals surface area contributed by atoms with Gasteiger partial charge in [-0.1, -0.05) is 6.92 Å². The van der Waals surface area contributed by atoms with Crippen LogP contribution in [-0.2, 0) is 0 Å². The molecule has 0 bridgehead atoms. The van der Waals surface area contributed by atoms with Gasteiger partial charge >= 0.3 is 0 Å². The molecule has 2 heterocycles. The molecule has 1 atom stereocenters. The molecule has 2 aromatic rings. The highest BCUT2D eigenvalue weighted by atomic mass is 79.9. The quantitative estimate of drug-likeness (QED) is 0.939. The van der Waals surface area contributed by atoms with Crippen molar-refractivity contribution < 1.29 is 4.42 Å². The summed E-state index contributed by atoms with van der Waals surface area (Å²) in [4.78, 5) is 4.06. The van der Waals surface area contributed by atoms with Gasteiger partial charge in [-0.15, -0.1) is 10.2 Å². The first-order valence-corrected chi connectivity index (χ1v) is 6.15. The van der Waals surface area contributed by atoms with Crippen LogP contribution in [0, 0.1) is 0 Å². The zero-order valence-electron chi connectivity index (χ0n) is 9.64. The van der Waals surface area contributed by atoms with E-state index in [4.69, 9.17) is 4.42 Å². The second-order valence-electron chi connectivity index (χ2n) is 3.59. The van der Waals surface area contributed by atoms with E-state index in [2.05, 4.69) is 43.4 Å². The molecule has 17 heavy (non-hydrogen) atoms. The Labute approximate surface area is 108 Å². The maximum absolute atomic E-state index is 5.62. The number of halogens is 1. The molecule has 0 spiro atoms. The molecule has 5 nitrogen and oxygen atoms in total. The SMILES string of the molecule is CCC(NC)c1nnc(-c2cncc(Br)c2)o1. The van der Waals surface area contributed by atoms with Gasteiger partial charge in [-0.2, -0.15) is 0 Å². The van der Waals surface area contributed by atoms with Gasteiger partial charge in [0.05, 0.1) is 11.6 Å². The fourth-order valence-corrected chi connectivity index (χ4v) is 1.89. The average molecular weight is 297 g/mol.